The molecule has 3 unspecified atom stereocenters. The van der Waals surface area contributed by atoms with Crippen molar-refractivity contribution in [2.75, 3.05) is 0 Å². The van der Waals surface area contributed by atoms with Crippen LogP contribution in [0.5, 0.6) is 11.5 Å². The first-order valence-electron chi connectivity index (χ1n) is 13.6. The molecule has 8 rings (SSSR count). The predicted octanol–water partition coefficient (Wildman–Crippen LogP) is 8.21. The van der Waals surface area contributed by atoms with E-state index in [4.69, 9.17) is 4.74 Å². The molecule has 0 aromatic heterocycles. The summed E-state index contributed by atoms with van der Waals surface area (Å²) in [5.74, 6) is 2.62. The molecule has 0 bridgehead atoms. The lowest BCUT2D eigenvalue weighted by Crippen LogP contribution is -2.43. The number of benzene rings is 3. The zero-order chi connectivity index (χ0) is 25.4. The molecule has 3 aliphatic carbocycles. The van der Waals surface area contributed by atoms with Crippen molar-refractivity contribution < 1.29 is 4.74 Å². The summed E-state index contributed by atoms with van der Waals surface area (Å²) in [4.78, 5) is 0. The maximum atomic E-state index is 6.66. The lowest BCUT2D eigenvalue weighted by atomic mass is 9.73. The molecule has 2 heterocycles. The molecule has 0 saturated carbocycles. The van der Waals surface area contributed by atoms with Crippen LogP contribution >= 0.6 is 0 Å². The summed E-state index contributed by atoms with van der Waals surface area (Å²) in [5, 5.41) is 3.91. The van der Waals surface area contributed by atoms with Gasteiger partial charge in [0.2, 0.25) is 0 Å². The number of ether oxygens (including phenoxy) is 1. The van der Waals surface area contributed by atoms with Gasteiger partial charge in [0.05, 0.1) is 6.04 Å². The molecule has 5 aliphatic rings. The highest BCUT2D eigenvalue weighted by Gasteiger charge is 2.42. The zero-order valence-electron chi connectivity index (χ0n) is 21.6. The smallest absolute Gasteiger partial charge is 0.135 e. The fourth-order valence-electron chi connectivity index (χ4n) is 7.18. The Morgan fingerprint density at radius 1 is 0.737 bits per heavy atom. The Morgan fingerprint density at radius 2 is 1.50 bits per heavy atom. The summed E-state index contributed by atoms with van der Waals surface area (Å²) < 4.78 is 6.66. The minimum absolute atomic E-state index is 0.136. The van der Waals surface area contributed by atoms with E-state index in [0.717, 1.165) is 17.1 Å². The molecule has 3 atom stereocenters. The van der Waals surface area contributed by atoms with Gasteiger partial charge in [-0.05, 0) is 57.7 Å². The third kappa shape index (κ3) is 2.95. The van der Waals surface area contributed by atoms with Crippen LogP contribution in [0.3, 0.4) is 0 Å². The molecule has 184 valence electrons. The van der Waals surface area contributed by atoms with Crippen molar-refractivity contribution in [2.24, 2.45) is 11.8 Å². The first-order chi connectivity index (χ1) is 18.6. The van der Waals surface area contributed by atoms with Crippen molar-refractivity contribution in [3.8, 4) is 11.5 Å². The van der Waals surface area contributed by atoms with E-state index in [1.807, 2.05) is 0 Å². The average molecular weight is 492 g/mol. The molecule has 3 aromatic carbocycles. The number of rotatable bonds is 1. The van der Waals surface area contributed by atoms with Crippen LogP contribution in [0.25, 0.3) is 16.8 Å². The second kappa shape index (κ2) is 7.85. The van der Waals surface area contributed by atoms with E-state index in [0.29, 0.717) is 11.8 Å². The van der Waals surface area contributed by atoms with Gasteiger partial charge in [0.1, 0.15) is 11.5 Å². The minimum atomic E-state index is -0.136. The molecule has 0 saturated heterocycles. The van der Waals surface area contributed by atoms with Crippen molar-refractivity contribution in [2.45, 2.75) is 25.3 Å². The number of hydrogen-bond acceptors (Lipinski definition) is 2. The van der Waals surface area contributed by atoms with E-state index in [1.54, 1.807) is 0 Å². The monoisotopic (exact) mass is 491 g/mol. The molecule has 2 aliphatic heterocycles. The summed E-state index contributed by atoms with van der Waals surface area (Å²) in [7, 11) is 0. The van der Waals surface area contributed by atoms with E-state index >= 15 is 0 Å². The molecule has 0 radical (unpaired) electrons. The molecule has 1 N–H and O–H groups in total. The standard InChI is InChI=1S/C36H29NO/c1-36(2)29-16-8-5-14-26(29)33-28-21-22(19-20-32(28)38-31-18-10-7-15-27(31)34(33)36)35-25-13-4-3-11-23(25)24-12-6-9-17-30(24)37-35/h3-21,23-24,30,37H,1-2H3. The molecule has 0 spiro atoms. The van der Waals surface area contributed by atoms with Crippen molar-refractivity contribution in [3.05, 3.63) is 149 Å². The highest BCUT2D eigenvalue weighted by atomic mass is 16.5. The van der Waals surface area contributed by atoms with Crippen LogP contribution in [0.4, 0.5) is 0 Å². The van der Waals surface area contributed by atoms with Gasteiger partial charge in [-0.1, -0.05) is 105 Å². The number of fused-ring (bicyclic) bond motifs is 9. The minimum Gasteiger partial charge on any atom is -0.456 e. The third-order valence-corrected chi connectivity index (χ3v) is 8.92. The Morgan fingerprint density at radius 3 is 2.42 bits per heavy atom. The van der Waals surface area contributed by atoms with Crippen LogP contribution in [0.2, 0.25) is 0 Å². The van der Waals surface area contributed by atoms with Gasteiger partial charge in [0.25, 0.3) is 0 Å². The summed E-state index contributed by atoms with van der Waals surface area (Å²) >= 11 is 0. The Hall–Kier alpha value is -4.30. The Balaban J connectivity index is 1.38. The lowest BCUT2D eigenvalue weighted by Gasteiger charge is -2.40. The van der Waals surface area contributed by atoms with Crippen LogP contribution in [0.15, 0.2) is 121 Å². The molecule has 3 aromatic rings. The first-order valence-corrected chi connectivity index (χ1v) is 13.6. The molecule has 2 nitrogen and oxygen atoms in total. The summed E-state index contributed by atoms with van der Waals surface area (Å²) in [5.41, 5.74) is 11.3. The van der Waals surface area contributed by atoms with E-state index in [2.05, 4.69) is 135 Å². The molecular weight excluding hydrogens is 462 g/mol. The molecule has 0 amide bonds. The number of hydrogen-bond donors (Lipinski definition) is 1. The van der Waals surface area contributed by atoms with Gasteiger partial charge in [-0.25, -0.2) is 0 Å². The van der Waals surface area contributed by atoms with Crippen molar-refractivity contribution in [3.63, 3.8) is 0 Å². The van der Waals surface area contributed by atoms with Gasteiger partial charge < -0.3 is 10.1 Å². The van der Waals surface area contributed by atoms with Gasteiger partial charge in [-0.15, -0.1) is 0 Å². The number of allylic oxidation sites excluding steroid dienone is 8. The SMILES string of the molecule is CC1(C)C2=C(c3cc(C4=C5C=CC=CC5C5C=CC=CC5N4)ccc3Oc3ccccc32)c2ccccc21. The van der Waals surface area contributed by atoms with Crippen LogP contribution in [-0.4, -0.2) is 6.04 Å². The normalized spacial score (nSPS) is 24.8. The quantitative estimate of drug-likeness (QED) is 0.370. The van der Waals surface area contributed by atoms with Crippen molar-refractivity contribution in [1.82, 2.24) is 5.32 Å². The summed E-state index contributed by atoms with van der Waals surface area (Å²) in [6, 6.07) is 24.4. The van der Waals surface area contributed by atoms with Crippen LogP contribution in [0, 0.1) is 11.8 Å². The van der Waals surface area contributed by atoms with E-state index < -0.39 is 0 Å². The Bertz CT molecular complexity index is 1710. The van der Waals surface area contributed by atoms with Crippen LogP contribution in [0.1, 0.15) is 41.7 Å². The van der Waals surface area contributed by atoms with Crippen molar-refractivity contribution in [1.29, 1.82) is 0 Å². The fourth-order valence-corrected chi connectivity index (χ4v) is 7.18. The third-order valence-electron chi connectivity index (χ3n) is 8.92. The molecule has 0 fully saturated rings. The largest absolute Gasteiger partial charge is 0.456 e. The van der Waals surface area contributed by atoms with E-state index in [1.165, 1.54) is 44.7 Å². The van der Waals surface area contributed by atoms with Crippen molar-refractivity contribution >= 4 is 16.8 Å². The average Bonchev–Trinajstić information content (AvgIpc) is 3.09. The number of nitrogens with one attached hydrogen (secondary N) is 1. The molecular formula is C36H29NO. The second-order valence-corrected chi connectivity index (χ2v) is 11.3. The van der Waals surface area contributed by atoms with E-state index in [-0.39, 0.29) is 11.5 Å². The number of para-hydroxylation sites is 1. The van der Waals surface area contributed by atoms with Crippen LogP contribution in [-0.2, 0) is 5.41 Å². The summed E-state index contributed by atoms with van der Waals surface area (Å²) in [6.07, 6.45) is 18.0. The summed E-state index contributed by atoms with van der Waals surface area (Å²) in [6.45, 7) is 4.69. The maximum absolute atomic E-state index is 6.66. The highest BCUT2D eigenvalue weighted by Crippen LogP contribution is 2.58. The highest BCUT2D eigenvalue weighted by molar-refractivity contribution is 6.10. The Kier molecular flexibility index (Phi) is 4.49. The van der Waals surface area contributed by atoms with Gasteiger partial charge in [-0.3, -0.25) is 0 Å². The molecule has 38 heavy (non-hydrogen) atoms. The van der Waals surface area contributed by atoms with E-state index in [9.17, 15) is 0 Å². The van der Waals surface area contributed by atoms with Gasteiger partial charge in [0.15, 0.2) is 0 Å². The van der Waals surface area contributed by atoms with Gasteiger partial charge in [0, 0.05) is 34.1 Å². The van der Waals surface area contributed by atoms with Crippen LogP contribution < -0.4 is 10.1 Å². The van der Waals surface area contributed by atoms with Gasteiger partial charge >= 0.3 is 0 Å². The first kappa shape index (κ1) is 21.8. The lowest BCUT2D eigenvalue weighted by molar-refractivity contribution is 0.428. The molecule has 2 heteroatoms. The Labute approximate surface area is 224 Å². The fraction of sp³-hybridized carbons (Fsp3) is 0.167. The second-order valence-electron chi connectivity index (χ2n) is 11.3. The topological polar surface area (TPSA) is 21.3 Å². The van der Waals surface area contributed by atoms with Gasteiger partial charge in [-0.2, -0.15) is 0 Å². The zero-order valence-corrected chi connectivity index (χ0v) is 21.6. The maximum Gasteiger partial charge on any atom is 0.135 e. The predicted molar refractivity (Wildman–Crippen MR) is 156 cm³/mol.